The Hall–Kier alpha value is -0.590. The zero-order chi connectivity index (χ0) is 14.0. The lowest BCUT2D eigenvalue weighted by molar-refractivity contribution is 0.0953. The normalized spacial score (nSPS) is 21.3. The van der Waals surface area contributed by atoms with Gasteiger partial charge in [-0.3, -0.25) is 4.79 Å². The van der Waals surface area contributed by atoms with Crippen LogP contribution in [-0.4, -0.2) is 31.9 Å². The Morgan fingerprint density at radius 1 is 1.47 bits per heavy atom. The molecule has 1 aliphatic heterocycles. The maximum absolute atomic E-state index is 12.0. The van der Waals surface area contributed by atoms with Gasteiger partial charge in [-0.15, -0.1) is 0 Å². The van der Waals surface area contributed by atoms with E-state index in [9.17, 15) is 13.2 Å². The molecule has 1 atom stereocenters. The Bertz CT molecular complexity index is 603. The number of carbonyl (C=O) groups excluding carboxylic acids is 1. The molecule has 0 spiro atoms. The van der Waals surface area contributed by atoms with Crippen LogP contribution in [0.25, 0.3) is 0 Å². The second-order valence-corrected chi connectivity index (χ2v) is 8.16. The first-order valence-corrected chi connectivity index (χ1v) is 8.73. The van der Waals surface area contributed by atoms with E-state index in [1.165, 1.54) is 0 Å². The topological polar surface area (TPSA) is 63.2 Å². The first-order chi connectivity index (χ1) is 8.90. The lowest BCUT2D eigenvalue weighted by Crippen LogP contribution is -2.34. The molecule has 4 nitrogen and oxygen atoms in total. The monoisotopic (exact) mass is 365 g/mol. The number of benzene rings is 1. The van der Waals surface area contributed by atoms with Crippen molar-refractivity contribution in [1.82, 2.24) is 5.32 Å². The molecule has 1 saturated heterocycles. The summed E-state index contributed by atoms with van der Waals surface area (Å²) in [4.78, 5) is 12.0. The Labute approximate surface area is 125 Å². The summed E-state index contributed by atoms with van der Waals surface area (Å²) in [7, 11) is -3.03. The number of sulfone groups is 1. The Kier molecular flexibility index (Phi) is 4.53. The van der Waals surface area contributed by atoms with E-state index >= 15 is 0 Å². The average molecular weight is 367 g/mol. The van der Waals surface area contributed by atoms with Gasteiger partial charge in [-0.25, -0.2) is 8.42 Å². The van der Waals surface area contributed by atoms with Crippen molar-refractivity contribution < 1.29 is 13.2 Å². The summed E-state index contributed by atoms with van der Waals surface area (Å²) in [6.45, 7) is 0.163. The van der Waals surface area contributed by atoms with Crippen LogP contribution in [0, 0.1) is 0 Å². The molecular formula is C12H13BrClNO3S. The van der Waals surface area contributed by atoms with E-state index in [2.05, 4.69) is 21.2 Å². The minimum absolute atomic E-state index is 0.163. The number of hydrogen-bond donors (Lipinski definition) is 1. The van der Waals surface area contributed by atoms with Crippen LogP contribution in [0.2, 0.25) is 5.02 Å². The van der Waals surface area contributed by atoms with Crippen molar-refractivity contribution in [1.29, 1.82) is 0 Å². The highest BCUT2D eigenvalue weighted by Gasteiger charge is 2.31. The molecule has 1 amide bonds. The minimum atomic E-state index is -3.03. The number of hydrogen-bond acceptors (Lipinski definition) is 3. The van der Waals surface area contributed by atoms with Crippen molar-refractivity contribution in [2.75, 3.05) is 12.3 Å². The first kappa shape index (κ1) is 14.8. The predicted molar refractivity (Wildman–Crippen MR) is 78.3 cm³/mol. The zero-order valence-electron chi connectivity index (χ0n) is 10.0. The molecule has 1 aromatic rings. The summed E-state index contributed by atoms with van der Waals surface area (Å²) >= 11 is 9.06. The fraction of sp³-hybridized carbons (Fsp3) is 0.417. The van der Waals surface area contributed by atoms with Gasteiger partial charge in [0.1, 0.15) is 0 Å². The van der Waals surface area contributed by atoms with Crippen molar-refractivity contribution in [3.63, 3.8) is 0 Å². The molecule has 0 bridgehead atoms. The average Bonchev–Trinajstić information content (AvgIpc) is 2.65. The van der Waals surface area contributed by atoms with Gasteiger partial charge in [0.05, 0.1) is 16.6 Å². The van der Waals surface area contributed by atoms with Gasteiger partial charge in [-0.2, -0.15) is 0 Å². The molecule has 19 heavy (non-hydrogen) atoms. The summed E-state index contributed by atoms with van der Waals surface area (Å²) in [6, 6.07) is 4.85. The Balaban J connectivity index is 2.02. The van der Waals surface area contributed by atoms with Gasteiger partial charge >= 0.3 is 0 Å². The van der Waals surface area contributed by atoms with E-state index in [0.717, 1.165) is 0 Å². The van der Waals surface area contributed by atoms with Gasteiger partial charge in [0.25, 0.3) is 5.91 Å². The van der Waals surface area contributed by atoms with Crippen LogP contribution in [0.5, 0.6) is 0 Å². The van der Waals surface area contributed by atoms with Gasteiger partial charge in [0.15, 0.2) is 9.84 Å². The molecule has 104 valence electrons. The zero-order valence-corrected chi connectivity index (χ0v) is 13.2. The number of halogens is 2. The molecule has 0 aliphatic carbocycles. The summed E-state index contributed by atoms with van der Waals surface area (Å²) in [5.41, 5.74) is 0.444. The van der Waals surface area contributed by atoms with Crippen molar-refractivity contribution in [3.05, 3.63) is 33.3 Å². The molecule has 1 unspecified atom stereocenters. The van der Waals surface area contributed by atoms with E-state index in [-0.39, 0.29) is 18.2 Å². The first-order valence-electron chi connectivity index (χ1n) is 5.85. The predicted octanol–water partition coefficient (Wildman–Crippen LogP) is 2.41. The molecule has 1 N–H and O–H groups in total. The Morgan fingerprint density at radius 2 is 2.21 bits per heavy atom. The second kappa shape index (κ2) is 5.81. The summed E-state index contributed by atoms with van der Waals surface area (Å²) in [5, 5.41) is 2.74. The van der Waals surface area contributed by atoms with Gasteiger partial charge < -0.3 is 5.32 Å². The van der Waals surface area contributed by atoms with E-state index in [1.54, 1.807) is 18.2 Å². The second-order valence-electron chi connectivity index (χ2n) is 4.47. The van der Waals surface area contributed by atoms with Crippen molar-refractivity contribution >= 4 is 43.3 Å². The molecule has 7 heteroatoms. The number of carbonyl (C=O) groups is 1. The van der Waals surface area contributed by atoms with Gasteiger partial charge in [0.2, 0.25) is 0 Å². The van der Waals surface area contributed by atoms with Gasteiger partial charge in [0, 0.05) is 16.0 Å². The van der Waals surface area contributed by atoms with Crippen molar-refractivity contribution in [2.24, 2.45) is 0 Å². The Morgan fingerprint density at radius 3 is 2.79 bits per heavy atom. The molecule has 2 rings (SSSR count). The van der Waals surface area contributed by atoms with E-state index < -0.39 is 15.1 Å². The maximum atomic E-state index is 12.0. The van der Waals surface area contributed by atoms with Crippen LogP contribution < -0.4 is 5.32 Å². The molecule has 1 fully saturated rings. The highest BCUT2D eigenvalue weighted by atomic mass is 79.9. The third-order valence-electron chi connectivity index (χ3n) is 3.13. The summed E-state index contributed by atoms with van der Waals surface area (Å²) in [6.07, 6.45) is 1.29. The van der Waals surface area contributed by atoms with Crippen LogP contribution in [0.15, 0.2) is 22.7 Å². The maximum Gasteiger partial charge on any atom is 0.252 e. The molecule has 0 saturated carbocycles. The third kappa shape index (κ3) is 3.49. The smallest absolute Gasteiger partial charge is 0.252 e. The van der Waals surface area contributed by atoms with Crippen LogP contribution in [0.4, 0.5) is 0 Å². The van der Waals surface area contributed by atoms with Crippen LogP contribution in [0.3, 0.4) is 0 Å². The summed E-state index contributed by atoms with van der Waals surface area (Å²) < 4.78 is 23.9. The van der Waals surface area contributed by atoms with Gasteiger partial charge in [-0.1, -0.05) is 11.6 Å². The largest absolute Gasteiger partial charge is 0.351 e. The fourth-order valence-corrected chi connectivity index (χ4v) is 4.69. The van der Waals surface area contributed by atoms with Crippen LogP contribution >= 0.6 is 27.5 Å². The molecular weight excluding hydrogens is 354 g/mol. The van der Waals surface area contributed by atoms with E-state index in [4.69, 9.17) is 11.6 Å². The minimum Gasteiger partial charge on any atom is -0.351 e. The molecule has 1 aliphatic rings. The highest BCUT2D eigenvalue weighted by Crippen LogP contribution is 2.22. The van der Waals surface area contributed by atoms with Crippen molar-refractivity contribution in [3.8, 4) is 0 Å². The summed E-state index contributed by atoms with van der Waals surface area (Å²) in [5.74, 6) is -0.0799. The highest BCUT2D eigenvalue weighted by molar-refractivity contribution is 9.10. The van der Waals surface area contributed by atoms with Gasteiger partial charge in [-0.05, 0) is 47.0 Å². The number of amides is 1. The van der Waals surface area contributed by atoms with E-state index in [0.29, 0.717) is 27.9 Å². The van der Waals surface area contributed by atoms with E-state index in [1.807, 2.05) is 0 Å². The molecule has 1 heterocycles. The molecule has 0 radical (unpaired) electrons. The molecule has 1 aromatic carbocycles. The lowest BCUT2D eigenvalue weighted by Gasteiger charge is -2.11. The fourth-order valence-electron chi connectivity index (χ4n) is 2.06. The third-order valence-corrected chi connectivity index (χ3v) is 6.30. The standard InChI is InChI=1S/C12H13BrClNO3S/c13-11-6-8(14)3-4-10(11)12(16)15-7-9-2-1-5-19(9,17)18/h3-4,6,9H,1-2,5,7H2,(H,15,16). The van der Waals surface area contributed by atoms with Crippen LogP contribution in [0.1, 0.15) is 23.2 Å². The SMILES string of the molecule is O=C(NCC1CCCS1(=O)=O)c1ccc(Cl)cc1Br. The quantitative estimate of drug-likeness (QED) is 0.893. The lowest BCUT2D eigenvalue weighted by atomic mass is 10.2. The number of rotatable bonds is 3. The van der Waals surface area contributed by atoms with Crippen molar-refractivity contribution in [2.45, 2.75) is 18.1 Å². The number of nitrogens with one attached hydrogen (secondary N) is 1. The molecule has 0 aromatic heterocycles. The van der Waals surface area contributed by atoms with Crippen LogP contribution in [-0.2, 0) is 9.84 Å².